The third kappa shape index (κ3) is 3.38. The molecule has 0 bridgehead atoms. The molecule has 4 rings (SSSR count). The maximum absolute atomic E-state index is 13.5. The fraction of sp³-hybridized carbons (Fsp3) is 0.529. The zero-order valence-electron chi connectivity index (χ0n) is 13.1. The van der Waals surface area contributed by atoms with Gasteiger partial charge in [-0.3, -0.25) is 4.68 Å². The lowest BCUT2D eigenvalue weighted by Crippen LogP contribution is -2.24. The highest BCUT2D eigenvalue weighted by Gasteiger charge is 2.38. The van der Waals surface area contributed by atoms with Crippen LogP contribution in [0.4, 0.5) is 8.78 Å². The van der Waals surface area contributed by atoms with Crippen molar-refractivity contribution in [1.82, 2.24) is 14.8 Å². The van der Waals surface area contributed by atoms with Gasteiger partial charge in [-0.1, -0.05) is 11.6 Å². The van der Waals surface area contributed by atoms with Crippen molar-refractivity contribution in [2.24, 2.45) is 0 Å². The summed E-state index contributed by atoms with van der Waals surface area (Å²) >= 11 is 5.90. The van der Waals surface area contributed by atoms with Crippen LogP contribution in [0.1, 0.15) is 56.2 Å². The molecule has 0 N–H and O–H groups in total. The first kappa shape index (κ1) is 15.8. The fourth-order valence-corrected chi connectivity index (χ4v) is 3.33. The van der Waals surface area contributed by atoms with Crippen LogP contribution in [0.25, 0.3) is 0 Å². The SMILES string of the molecule is FC1(F)CCC(c2nn(C3CC3)cc2Oc2ccnc(Cl)c2)CC1. The Morgan fingerprint density at radius 2 is 1.96 bits per heavy atom. The molecule has 2 saturated carbocycles. The molecule has 2 aromatic heterocycles. The molecule has 2 fully saturated rings. The van der Waals surface area contributed by atoms with Crippen LogP contribution < -0.4 is 4.74 Å². The zero-order chi connectivity index (χ0) is 16.7. The molecule has 2 heterocycles. The summed E-state index contributed by atoms with van der Waals surface area (Å²) in [4.78, 5) is 3.93. The van der Waals surface area contributed by atoms with E-state index in [1.165, 1.54) is 0 Å². The molecule has 2 aromatic rings. The van der Waals surface area contributed by atoms with Crippen LogP contribution in [0.5, 0.6) is 11.5 Å². The van der Waals surface area contributed by atoms with E-state index in [0.717, 1.165) is 18.5 Å². The van der Waals surface area contributed by atoms with Gasteiger partial charge in [-0.15, -0.1) is 0 Å². The number of ether oxygens (including phenoxy) is 1. The summed E-state index contributed by atoms with van der Waals surface area (Å²) in [5.74, 6) is -1.32. The average Bonchev–Trinajstić information content (AvgIpc) is 3.30. The molecule has 4 nitrogen and oxygen atoms in total. The van der Waals surface area contributed by atoms with Gasteiger partial charge in [0.15, 0.2) is 5.75 Å². The largest absolute Gasteiger partial charge is 0.454 e. The Morgan fingerprint density at radius 3 is 2.62 bits per heavy atom. The van der Waals surface area contributed by atoms with Crippen LogP contribution in [0.15, 0.2) is 24.5 Å². The van der Waals surface area contributed by atoms with E-state index in [-0.39, 0.29) is 18.8 Å². The smallest absolute Gasteiger partial charge is 0.248 e. The quantitative estimate of drug-likeness (QED) is 0.695. The lowest BCUT2D eigenvalue weighted by molar-refractivity contribution is -0.0386. The van der Waals surface area contributed by atoms with Crippen LogP contribution in [0, 0.1) is 0 Å². The Kier molecular flexibility index (Phi) is 3.95. The van der Waals surface area contributed by atoms with Crippen molar-refractivity contribution in [1.29, 1.82) is 0 Å². The van der Waals surface area contributed by atoms with Gasteiger partial charge in [0.1, 0.15) is 16.6 Å². The van der Waals surface area contributed by atoms with Crippen LogP contribution >= 0.6 is 11.6 Å². The van der Waals surface area contributed by atoms with E-state index in [1.54, 1.807) is 18.3 Å². The van der Waals surface area contributed by atoms with Crippen molar-refractivity contribution in [2.75, 3.05) is 0 Å². The lowest BCUT2D eigenvalue weighted by atomic mass is 9.84. The van der Waals surface area contributed by atoms with Crippen molar-refractivity contribution in [3.05, 3.63) is 35.4 Å². The number of alkyl halides is 2. The van der Waals surface area contributed by atoms with Crippen LogP contribution in [-0.4, -0.2) is 20.7 Å². The molecule has 2 aliphatic rings. The number of rotatable bonds is 4. The Bertz CT molecular complexity index is 735. The number of hydrogen-bond donors (Lipinski definition) is 0. The molecule has 128 valence electrons. The molecule has 0 spiro atoms. The Hall–Kier alpha value is -1.69. The molecule has 0 aromatic carbocycles. The van der Waals surface area contributed by atoms with Gasteiger partial charge in [-0.25, -0.2) is 13.8 Å². The van der Waals surface area contributed by atoms with Crippen LogP contribution in [0.2, 0.25) is 5.15 Å². The van der Waals surface area contributed by atoms with Gasteiger partial charge < -0.3 is 4.74 Å². The summed E-state index contributed by atoms with van der Waals surface area (Å²) in [5, 5.41) is 5.01. The molecular formula is C17H18ClF2N3O. The molecule has 0 aliphatic heterocycles. The van der Waals surface area contributed by atoms with Crippen LogP contribution in [-0.2, 0) is 0 Å². The molecule has 7 heteroatoms. The van der Waals surface area contributed by atoms with Crippen molar-refractivity contribution in [3.8, 4) is 11.5 Å². The van der Waals surface area contributed by atoms with E-state index in [4.69, 9.17) is 16.3 Å². The first-order valence-corrected chi connectivity index (χ1v) is 8.64. The van der Waals surface area contributed by atoms with Crippen molar-refractivity contribution in [3.63, 3.8) is 0 Å². The monoisotopic (exact) mass is 353 g/mol. The molecule has 24 heavy (non-hydrogen) atoms. The summed E-state index contributed by atoms with van der Waals surface area (Å²) in [5.41, 5.74) is 0.783. The van der Waals surface area contributed by atoms with E-state index in [1.807, 2.05) is 10.9 Å². The topological polar surface area (TPSA) is 39.9 Å². The third-order valence-electron chi connectivity index (χ3n) is 4.68. The number of halogens is 3. The summed E-state index contributed by atoms with van der Waals surface area (Å²) in [6.45, 7) is 0. The van der Waals surface area contributed by atoms with Gasteiger partial charge in [0.05, 0.1) is 12.2 Å². The normalized spacial score (nSPS) is 21.0. The summed E-state index contributed by atoms with van der Waals surface area (Å²) in [7, 11) is 0. The predicted molar refractivity (Wildman–Crippen MR) is 86.0 cm³/mol. The lowest BCUT2D eigenvalue weighted by Gasteiger charge is -2.27. The Labute approximate surface area is 143 Å². The number of pyridine rings is 1. The zero-order valence-corrected chi connectivity index (χ0v) is 13.8. The van der Waals surface area contributed by atoms with Crippen molar-refractivity contribution in [2.45, 2.75) is 56.4 Å². The number of hydrogen-bond acceptors (Lipinski definition) is 3. The Morgan fingerprint density at radius 1 is 1.21 bits per heavy atom. The van der Waals surface area contributed by atoms with E-state index >= 15 is 0 Å². The highest BCUT2D eigenvalue weighted by Crippen LogP contribution is 2.45. The summed E-state index contributed by atoms with van der Waals surface area (Å²) in [6.07, 6.45) is 6.35. The molecule has 0 radical (unpaired) electrons. The maximum atomic E-state index is 13.5. The highest BCUT2D eigenvalue weighted by molar-refractivity contribution is 6.29. The molecular weight excluding hydrogens is 336 g/mol. The first-order valence-electron chi connectivity index (χ1n) is 8.26. The van der Waals surface area contributed by atoms with E-state index in [0.29, 0.717) is 35.5 Å². The van der Waals surface area contributed by atoms with E-state index in [2.05, 4.69) is 10.1 Å². The second-order valence-electron chi connectivity index (χ2n) is 6.64. The average molecular weight is 354 g/mol. The van der Waals surface area contributed by atoms with Gasteiger partial charge in [-0.05, 0) is 31.7 Å². The van der Waals surface area contributed by atoms with Gasteiger partial charge >= 0.3 is 0 Å². The van der Waals surface area contributed by atoms with Crippen molar-refractivity contribution >= 4 is 11.6 Å². The Balaban J connectivity index is 1.60. The van der Waals surface area contributed by atoms with Crippen molar-refractivity contribution < 1.29 is 13.5 Å². The minimum atomic E-state index is -2.55. The maximum Gasteiger partial charge on any atom is 0.248 e. The molecule has 0 atom stereocenters. The first-order chi connectivity index (χ1) is 11.5. The molecule has 2 aliphatic carbocycles. The van der Waals surface area contributed by atoms with E-state index in [9.17, 15) is 8.78 Å². The third-order valence-corrected chi connectivity index (χ3v) is 4.88. The van der Waals surface area contributed by atoms with E-state index < -0.39 is 5.92 Å². The molecule has 0 amide bonds. The number of nitrogens with zero attached hydrogens (tertiary/aromatic N) is 3. The highest BCUT2D eigenvalue weighted by atomic mass is 35.5. The minimum Gasteiger partial charge on any atom is -0.454 e. The van der Waals surface area contributed by atoms with Gasteiger partial charge in [0.2, 0.25) is 5.92 Å². The van der Waals surface area contributed by atoms with Crippen LogP contribution in [0.3, 0.4) is 0 Å². The van der Waals surface area contributed by atoms with Gasteiger partial charge in [0.25, 0.3) is 0 Å². The van der Waals surface area contributed by atoms with Gasteiger partial charge in [-0.2, -0.15) is 5.10 Å². The molecule has 0 unspecified atom stereocenters. The predicted octanol–water partition coefficient (Wildman–Crippen LogP) is 5.35. The second kappa shape index (κ2) is 5.99. The second-order valence-corrected chi connectivity index (χ2v) is 7.02. The number of aromatic nitrogens is 3. The minimum absolute atomic E-state index is 0.0111. The summed E-state index contributed by atoms with van der Waals surface area (Å²) in [6, 6.07) is 3.76. The van der Waals surface area contributed by atoms with Gasteiger partial charge in [0, 0.05) is 31.0 Å². The fourth-order valence-electron chi connectivity index (χ4n) is 3.17. The summed E-state index contributed by atoms with van der Waals surface area (Å²) < 4.78 is 34.8. The standard InChI is InChI=1S/C17H18ClF2N3O/c18-15-9-13(5-8-21-15)24-14-10-23(12-1-2-12)22-16(14)11-3-6-17(19,20)7-4-11/h5,8-12H,1-4,6-7H2. The molecule has 0 saturated heterocycles.